The van der Waals surface area contributed by atoms with Crippen LogP contribution in [0, 0.1) is 0 Å². The topological polar surface area (TPSA) is 75.3 Å². The van der Waals surface area contributed by atoms with E-state index in [9.17, 15) is 13.2 Å². The van der Waals surface area contributed by atoms with E-state index >= 15 is 0 Å². The molecule has 1 aliphatic carbocycles. The maximum atomic E-state index is 12.2. The molecule has 0 heterocycles. The Morgan fingerprint density at radius 1 is 1.14 bits per heavy atom. The number of hydrogen-bond donors (Lipinski definition) is 2. The molecular formula is C15H22N2O3S. The van der Waals surface area contributed by atoms with Crippen LogP contribution in [-0.4, -0.2) is 39.7 Å². The Bertz CT molecular complexity index is 605. The van der Waals surface area contributed by atoms with Gasteiger partial charge in [0.05, 0.1) is 4.90 Å². The van der Waals surface area contributed by atoms with E-state index in [1.165, 1.54) is 12.1 Å². The normalized spacial score (nSPS) is 22.8. The summed E-state index contributed by atoms with van der Waals surface area (Å²) in [5.41, 5.74) is 0.397. The van der Waals surface area contributed by atoms with E-state index in [-0.39, 0.29) is 16.8 Å². The van der Waals surface area contributed by atoms with Crippen molar-refractivity contribution in [2.45, 2.75) is 42.7 Å². The Morgan fingerprint density at radius 3 is 2.33 bits per heavy atom. The van der Waals surface area contributed by atoms with E-state index in [2.05, 4.69) is 10.6 Å². The van der Waals surface area contributed by atoms with Gasteiger partial charge in [-0.25, -0.2) is 8.42 Å². The van der Waals surface area contributed by atoms with Gasteiger partial charge < -0.3 is 10.6 Å². The van der Waals surface area contributed by atoms with Crippen molar-refractivity contribution in [2.75, 3.05) is 13.3 Å². The van der Waals surface area contributed by atoms with Gasteiger partial charge in [0.15, 0.2) is 9.84 Å². The van der Waals surface area contributed by atoms with E-state index in [0.717, 1.165) is 31.9 Å². The summed E-state index contributed by atoms with van der Waals surface area (Å²) in [7, 11) is -1.33. The minimum Gasteiger partial charge on any atom is -0.349 e. The minimum absolute atomic E-state index is 0.170. The molecule has 116 valence electrons. The zero-order valence-corrected chi connectivity index (χ0v) is 13.2. The van der Waals surface area contributed by atoms with Crippen LogP contribution in [0.25, 0.3) is 0 Å². The van der Waals surface area contributed by atoms with Crippen LogP contribution in [0.5, 0.6) is 0 Å². The molecule has 21 heavy (non-hydrogen) atoms. The summed E-state index contributed by atoms with van der Waals surface area (Å²) < 4.78 is 23.1. The van der Waals surface area contributed by atoms with Gasteiger partial charge in [-0.2, -0.15) is 0 Å². The van der Waals surface area contributed by atoms with Crippen LogP contribution >= 0.6 is 0 Å². The molecule has 6 heteroatoms. The Hall–Kier alpha value is -1.40. The van der Waals surface area contributed by atoms with E-state index in [1.807, 2.05) is 7.05 Å². The van der Waals surface area contributed by atoms with Crippen LogP contribution in [0.2, 0.25) is 0 Å². The highest BCUT2D eigenvalue weighted by molar-refractivity contribution is 7.90. The Balaban J connectivity index is 2.01. The van der Waals surface area contributed by atoms with Crippen LogP contribution < -0.4 is 10.6 Å². The third-order valence-corrected chi connectivity index (χ3v) is 5.11. The first kappa shape index (κ1) is 16.0. The summed E-state index contributed by atoms with van der Waals surface area (Å²) in [5, 5.41) is 6.25. The van der Waals surface area contributed by atoms with Gasteiger partial charge >= 0.3 is 0 Å². The molecule has 5 nitrogen and oxygen atoms in total. The molecule has 1 aromatic rings. The van der Waals surface area contributed by atoms with Gasteiger partial charge in [-0.05, 0) is 50.9 Å². The molecule has 2 rings (SSSR count). The van der Waals surface area contributed by atoms with Gasteiger partial charge in [-0.15, -0.1) is 0 Å². The number of rotatable bonds is 4. The zero-order valence-electron chi connectivity index (χ0n) is 12.4. The molecule has 1 fully saturated rings. The van der Waals surface area contributed by atoms with E-state index < -0.39 is 9.84 Å². The lowest BCUT2D eigenvalue weighted by molar-refractivity contribution is 0.0924. The second kappa shape index (κ2) is 6.58. The highest BCUT2D eigenvalue weighted by atomic mass is 32.2. The van der Waals surface area contributed by atoms with Crippen molar-refractivity contribution in [3.8, 4) is 0 Å². The molecule has 0 bridgehead atoms. The summed E-state index contributed by atoms with van der Waals surface area (Å²) in [6.07, 6.45) is 5.13. The van der Waals surface area contributed by atoms with Crippen molar-refractivity contribution in [1.29, 1.82) is 0 Å². The first-order valence-corrected chi connectivity index (χ1v) is 9.07. The van der Waals surface area contributed by atoms with Crippen molar-refractivity contribution in [3.05, 3.63) is 29.8 Å². The first-order valence-electron chi connectivity index (χ1n) is 7.18. The highest BCUT2D eigenvalue weighted by Gasteiger charge is 2.22. The van der Waals surface area contributed by atoms with Crippen molar-refractivity contribution < 1.29 is 13.2 Å². The summed E-state index contributed by atoms with van der Waals surface area (Å²) in [4.78, 5) is 12.4. The first-order chi connectivity index (χ1) is 9.90. The number of carbonyl (C=O) groups excluding carboxylic acids is 1. The molecule has 0 saturated heterocycles. The van der Waals surface area contributed by atoms with E-state index in [1.54, 1.807) is 12.1 Å². The highest BCUT2D eigenvalue weighted by Crippen LogP contribution is 2.19. The summed E-state index contributed by atoms with van der Waals surface area (Å²) in [6.45, 7) is 0. The number of hydrogen-bond acceptors (Lipinski definition) is 4. The lowest BCUT2D eigenvalue weighted by atomic mass is 9.91. The van der Waals surface area contributed by atoms with Gasteiger partial charge in [-0.1, -0.05) is 6.07 Å². The molecule has 0 aromatic heterocycles. The Labute approximate surface area is 126 Å². The van der Waals surface area contributed by atoms with Gasteiger partial charge in [0.2, 0.25) is 0 Å². The lowest BCUT2D eigenvalue weighted by Gasteiger charge is -2.28. The van der Waals surface area contributed by atoms with Crippen molar-refractivity contribution in [2.24, 2.45) is 0 Å². The second-order valence-corrected chi connectivity index (χ2v) is 7.63. The van der Waals surface area contributed by atoms with Gasteiger partial charge in [0.1, 0.15) is 0 Å². The van der Waals surface area contributed by atoms with Crippen molar-refractivity contribution in [3.63, 3.8) is 0 Å². The summed E-state index contributed by atoms with van der Waals surface area (Å²) >= 11 is 0. The van der Waals surface area contributed by atoms with Crippen molar-refractivity contribution >= 4 is 15.7 Å². The molecular weight excluding hydrogens is 288 g/mol. The van der Waals surface area contributed by atoms with Gasteiger partial charge in [0.25, 0.3) is 5.91 Å². The van der Waals surface area contributed by atoms with Crippen LogP contribution in [-0.2, 0) is 9.84 Å². The number of amides is 1. The van der Waals surface area contributed by atoms with Crippen LogP contribution in [0.1, 0.15) is 36.0 Å². The molecule has 0 unspecified atom stereocenters. The Morgan fingerprint density at radius 2 is 1.76 bits per heavy atom. The maximum Gasteiger partial charge on any atom is 0.251 e. The Kier molecular flexibility index (Phi) is 5.00. The second-order valence-electron chi connectivity index (χ2n) is 5.61. The number of benzene rings is 1. The summed E-state index contributed by atoms with van der Waals surface area (Å²) in [6, 6.07) is 6.89. The smallest absolute Gasteiger partial charge is 0.251 e. The predicted octanol–water partition coefficient (Wildman–Crippen LogP) is 1.35. The standard InChI is InChI=1S/C15H22N2O3S/c1-16-12-6-8-13(9-7-12)17-15(18)11-4-3-5-14(10-11)21(2,19)20/h3-5,10,12-13,16H,6-9H2,1-2H3,(H,17,18). The molecule has 1 saturated carbocycles. The molecule has 1 amide bonds. The largest absolute Gasteiger partial charge is 0.349 e. The number of nitrogens with one attached hydrogen (secondary N) is 2. The average Bonchev–Trinajstić information content (AvgIpc) is 2.47. The van der Waals surface area contributed by atoms with E-state index in [0.29, 0.717) is 11.6 Å². The summed E-state index contributed by atoms with van der Waals surface area (Å²) in [5.74, 6) is -0.201. The maximum absolute atomic E-state index is 12.2. The van der Waals surface area contributed by atoms with Crippen LogP contribution in [0.4, 0.5) is 0 Å². The van der Waals surface area contributed by atoms with Crippen LogP contribution in [0.3, 0.4) is 0 Å². The zero-order chi connectivity index (χ0) is 15.5. The lowest BCUT2D eigenvalue weighted by Crippen LogP contribution is -2.41. The fourth-order valence-electron chi connectivity index (χ4n) is 2.66. The molecule has 1 aromatic carbocycles. The average molecular weight is 310 g/mol. The van der Waals surface area contributed by atoms with Gasteiger partial charge in [0, 0.05) is 23.9 Å². The molecule has 2 N–H and O–H groups in total. The fraction of sp³-hybridized carbons (Fsp3) is 0.533. The molecule has 0 atom stereocenters. The molecule has 1 aliphatic rings. The minimum atomic E-state index is -3.29. The van der Waals surface area contributed by atoms with Gasteiger partial charge in [-0.3, -0.25) is 4.79 Å². The monoisotopic (exact) mass is 310 g/mol. The fourth-order valence-corrected chi connectivity index (χ4v) is 3.33. The number of sulfone groups is 1. The number of carbonyl (C=O) groups is 1. The SMILES string of the molecule is CNC1CCC(NC(=O)c2cccc(S(C)(=O)=O)c2)CC1. The predicted molar refractivity (Wildman–Crippen MR) is 82.1 cm³/mol. The van der Waals surface area contributed by atoms with Crippen molar-refractivity contribution in [1.82, 2.24) is 10.6 Å². The third kappa shape index (κ3) is 4.28. The molecule has 0 radical (unpaired) electrons. The third-order valence-electron chi connectivity index (χ3n) is 4.00. The molecule has 0 spiro atoms. The van der Waals surface area contributed by atoms with E-state index in [4.69, 9.17) is 0 Å². The quantitative estimate of drug-likeness (QED) is 0.880. The van der Waals surface area contributed by atoms with Crippen LogP contribution in [0.15, 0.2) is 29.2 Å². The molecule has 0 aliphatic heterocycles.